The quantitative estimate of drug-likeness (QED) is 0.599. The van der Waals surface area contributed by atoms with E-state index in [2.05, 4.69) is 10.0 Å². The van der Waals surface area contributed by atoms with Gasteiger partial charge in [0.25, 0.3) is 0 Å². The monoisotopic (exact) mass is 342 g/mol. The summed E-state index contributed by atoms with van der Waals surface area (Å²) in [5.41, 5.74) is 0.325. The largest absolute Gasteiger partial charge is 0.383 e. The van der Waals surface area contributed by atoms with Gasteiger partial charge < -0.3 is 5.32 Å². The zero-order valence-corrected chi connectivity index (χ0v) is 13.4. The van der Waals surface area contributed by atoms with E-state index in [0.29, 0.717) is 5.69 Å². The van der Waals surface area contributed by atoms with Crippen LogP contribution in [0, 0.1) is 5.82 Å². The molecule has 1 heterocycles. The summed E-state index contributed by atoms with van der Waals surface area (Å²) in [6, 6.07) is 7.44. The van der Waals surface area contributed by atoms with Crippen molar-refractivity contribution in [1.82, 2.24) is 4.72 Å². The number of hydrogen-bond acceptors (Lipinski definition) is 5. The standard InChI is InChI=1S/C14H15FN2O3S2/c1-10(18)14-11(15)4-2-5-12(14)16-7-8-17-22(19,20)13-6-3-9-21-13/h2-6,9,16-17H,7-8H2,1H3. The second kappa shape index (κ2) is 6.99. The maximum atomic E-state index is 13.6. The summed E-state index contributed by atoms with van der Waals surface area (Å²) >= 11 is 1.13. The molecule has 0 unspecified atom stereocenters. The molecule has 0 aliphatic rings. The summed E-state index contributed by atoms with van der Waals surface area (Å²) in [5, 5.41) is 4.55. The summed E-state index contributed by atoms with van der Waals surface area (Å²) in [6.45, 7) is 1.63. The molecule has 0 saturated heterocycles. The number of carbonyl (C=O) groups excluding carboxylic acids is 1. The summed E-state index contributed by atoms with van der Waals surface area (Å²) < 4.78 is 40.1. The SMILES string of the molecule is CC(=O)c1c(F)cccc1NCCNS(=O)(=O)c1cccs1. The van der Waals surface area contributed by atoms with Crippen molar-refractivity contribution < 1.29 is 17.6 Å². The van der Waals surface area contributed by atoms with Gasteiger partial charge in [0.15, 0.2) is 5.78 Å². The molecule has 0 spiro atoms. The van der Waals surface area contributed by atoms with Crippen LogP contribution in [0.3, 0.4) is 0 Å². The van der Waals surface area contributed by atoms with E-state index in [1.54, 1.807) is 17.5 Å². The van der Waals surface area contributed by atoms with E-state index in [0.717, 1.165) is 11.3 Å². The number of rotatable bonds is 7. The van der Waals surface area contributed by atoms with E-state index in [9.17, 15) is 17.6 Å². The van der Waals surface area contributed by atoms with Crippen LogP contribution < -0.4 is 10.0 Å². The molecule has 0 aliphatic carbocycles. The smallest absolute Gasteiger partial charge is 0.250 e. The highest BCUT2D eigenvalue weighted by Crippen LogP contribution is 2.19. The first kappa shape index (κ1) is 16.6. The second-order valence-electron chi connectivity index (χ2n) is 4.48. The first-order valence-electron chi connectivity index (χ1n) is 6.48. The molecule has 0 radical (unpaired) electrons. The third-order valence-corrected chi connectivity index (χ3v) is 5.72. The van der Waals surface area contributed by atoms with Gasteiger partial charge in [-0.2, -0.15) is 0 Å². The molecule has 0 saturated carbocycles. The number of anilines is 1. The zero-order chi connectivity index (χ0) is 16.2. The minimum absolute atomic E-state index is 0.0244. The first-order valence-corrected chi connectivity index (χ1v) is 8.84. The predicted molar refractivity (Wildman–Crippen MR) is 84.4 cm³/mol. The first-order chi connectivity index (χ1) is 10.4. The van der Waals surface area contributed by atoms with Crippen molar-refractivity contribution in [3.8, 4) is 0 Å². The van der Waals surface area contributed by atoms with E-state index in [1.165, 1.54) is 25.1 Å². The number of thiophene rings is 1. The van der Waals surface area contributed by atoms with Crippen LogP contribution in [0.1, 0.15) is 17.3 Å². The summed E-state index contributed by atoms with van der Waals surface area (Å²) in [7, 11) is -3.52. The lowest BCUT2D eigenvalue weighted by Crippen LogP contribution is -2.28. The Morgan fingerprint density at radius 3 is 2.64 bits per heavy atom. The van der Waals surface area contributed by atoms with Crippen LogP contribution >= 0.6 is 11.3 Å². The average Bonchev–Trinajstić information content (AvgIpc) is 2.98. The third-order valence-electron chi connectivity index (χ3n) is 2.86. The van der Waals surface area contributed by atoms with Gasteiger partial charge in [-0.15, -0.1) is 11.3 Å². The Balaban J connectivity index is 1.95. The Labute approximate surface area is 132 Å². The molecule has 2 N–H and O–H groups in total. The molecule has 0 bridgehead atoms. The molecule has 118 valence electrons. The highest BCUT2D eigenvalue weighted by molar-refractivity contribution is 7.91. The van der Waals surface area contributed by atoms with E-state index in [1.807, 2.05) is 0 Å². The number of halogens is 1. The normalized spacial score (nSPS) is 11.4. The molecule has 2 rings (SSSR count). The Morgan fingerprint density at radius 2 is 2.00 bits per heavy atom. The minimum Gasteiger partial charge on any atom is -0.383 e. The molecule has 22 heavy (non-hydrogen) atoms. The highest BCUT2D eigenvalue weighted by Gasteiger charge is 2.15. The molecule has 5 nitrogen and oxygen atoms in total. The second-order valence-corrected chi connectivity index (χ2v) is 7.42. The van der Waals surface area contributed by atoms with Gasteiger partial charge in [0.05, 0.1) is 5.56 Å². The highest BCUT2D eigenvalue weighted by atomic mass is 32.2. The lowest BCUT2D eigenvalue weighted by molar-refractivity contribution is 0.101. The van der Waals surface area contributed by atoms with Crippen molar-refractivity contribution in [3.05, 3.63) is 47.1 Å². The molecule has 0 aliphatic heterocycles. The predicted octanol–water partition coefficient (Wildman–Crippen LogP) is 2.48. The van der Waals surface area contributed by atoms with Gasteiger partial charge in [0.2, 0.25) is 10.0 Å². The number of nitrogens with one attached hydrogen (secondary N) is 2. The van der Waals surface area contributed by atoms with Gasteiger partial charge in [0, 0.05) is 18.8 Å². The van der Waals surface area contributed by atoms with Gasteiger partial charge >= 0.3 is 0 Å². The number of carbonyl (C=O) groups is 1. The molecule has 0 atom stereocenters. The van der Waals surface area contributed by atoms with Crippen molar-refractivity contribution >= 4 is 32.8 Å². The van der Waals surface area contributed by atoms with Gasteiger partial charge in [-0.25, -0.2) is 17.5 Å². The lowest BCUT2D eigenvalue weighted by Gasteiger charge is -2.11. The van der Waals surface area contributed by atoms with Crippen molar-refractivity contribution in [3.63, 3.8) is 0 Å². The number of hydrogen-bond donors (Lipinski definition) is 2. The van der Waals surface area contributed by atoms with Crippen LogP contribution in [0.2, 0.25) is 0 Å². The van der Waals surface area contributed by atoms with E-state index in [-0.39, 0.29) is 28.6 Å². The van der Waals surface area contributed by atoms with Gasteiger partial charge in [-0.1, -0.05) is 12.1 Å². The van der Waals surface area contributed by atoms with E-state index >= 15 is 0 Å². The Hall–Kier alpha value is -1.77. The summed E-state index contributed by atoms with van der Waals surface area (Å²) in [4.78, 5) is 11.4. The number of sulfonamides is 1. The maximum absolute atomic E-state index is 13.6. The Kier molecular flexibility index (Phi) is 5.28. The van der Waals surface area contributed by atoms with Crippen LogP contribution in [-0.2, 0) is 10.0 Å². The third kappa shape index (κ3) is 3.90. The van der Waals surface area contributed by atoms with Crippen LogP contribution in [-0.4, -0.2) is 27.3 Å². The molecule has 1 aromatic heterocycles. The van der Waals surface area contributed by atoms with Crippen LogP contribution in [0.4, 0.5) is 10.1 Å². The minimum atomic E-state index is -3.52. The zero-order valence-electron chi connectivity index (χ0n) is 11.8. The molecule has 8 heteroatoms. The average molecular weight is 342 g/mol. The lowest BCUT2D eigenvalue weighted by atomic mass is 10.1. The van der Waals surface area contributed by atoms with Crippen LogP contribution in [0.5, 0.6) is 0 Å². The Bertz CT molecular complexity index is 758. The number of Topliss-reactive ketones (excluding diaryl/α,β-unsaturated/α-hetero) is 1. The summed E-state index contributed by atoms with van der Waals surface area (Å²) in [6.07, 6.45) is 0. The van der Waals surface area contributed by atoms with Crippen LogP contribution in [0.25, 0.3) is 0 Å². The van der Waals surface area contributed by atoms with E-state index < -0.39 is 15.8 Å². The van der Waals surface area contributed by atoms with Crippen molar-refractivity contribution in [2.24, 2.45) is 0 Å². The van der Waals surface area contributed by atoms with Crippen LogP contribution in [0.15, 0.2) is 39.9 Å². The number of benzene rings is 1. The van der Waals surface area contributed by atoms with Gasteiger partial charge in [-0.3, -0.25) is 4.79 Å². The fraction of sp³-hybridized carbons (Fsp3) is 0.214. The Morgan fingerprint density at radius 1 is 1.23 bits per heavy atom. The molecule has 0 amide bonds. The van der Waals surface area contributed by atoms with Crippen molar-refractivity contribution in [2.75, 3.05) is 18.4 Å². The molecular formula is C14H15FN2O3S2. The molecular weight excluding hydrogens is 327 g/mol. The fourth-order valence-electron chi connectivity index (χ4n) is 1.90. The van der Waals surface area contributed by atoms with Crippen molar-refractivity contribution in [1.29, 1.82) is 0 Å². The molecule has 1 aromatic carbocycles. The maximum Gasteiger partial charge on any atom is 0.250 e. The van der Waals surface area contributed by atoms with E-state index in [4.69, 9.17) is 0 Å². The molecule has 0 fully saturated rings. The number of ketones is 1. The fourth-order valence-corrected chi connectivity index (χ4v) is 3.97. The van der Waals surface area contributed by atoms with Crippen molar-refractivity contribution in [2.45, 2.75) is 11.1 Å². The topological polar surface area (TPSA) is 75.3 Å². The summed E-state index contributed by atoms with van der Waals surface area (Å²) in [5.74, 6) is -0.989. The van der Waals surface area contributed by atoms with Gasteiger partial charge in [-0.05, 0) is 30.5 Å². The molecule has 2 aromatic rings. The van der Waals surface area contributed by atoms with Gasteiger partial charge in [0.1, 0.15) is 10.0 Å².